The number of methoxy groups -OCH3 is 2. The molecule has 0 aliphatic carbocycles. The Morgan fingerprint density at radius 1 is 1.19 bits per heavy atom. The number of benzene rings is 1. The fraction of sp³-hybridized carbons (Fsp3) is 0.500. The fourth-order valence-corrected chi connectivity index (χ4v) is 1.92. The largest absolute Gasteiger partial charge is 0.489 e. The van der Waals surface area contributed by atoms with E-state index in [0.29, 0.717) is 25.5 Å². The van der Waals surface area contributed by atoms with E-state index in [0.717, 1.165) is 6.42 Å². The summed E-state index contributed by atoms with van der Waals surface area (Å²) in [7, 11) is 2.92. The van der Waals surface area contributed by atoms with Crippen molar-refractivity contribution < 1.29 is 23.7 Å². The normalized spacial score (nSPS) is 10.4. The Labute approximate surface area is 129 Å². The standard InChI is InChI=1S/C14H20ClNO5/c1-18-4-3-5-20-6-7-21-13-11(14(17)19-2)8-10(16)9-12(13)15/h8-9H,3-7,16H2,1-2H3. The molecule has 1 aromatic carbocycles. The lowest BCUT2D eigenvalue weighted by Crippen LogP contribution is -2.12. The molecule has 0 spiro atoms. The fourth-order valence-electron chi connectivity index (χ4n) is 1.63. The van der Waals surface area contributed by atoms with Crippen LogP contribution in [0.5, 0.6) is 5.75 Å². The van der Waals surface area contributed by atoms with Crippen LogP contribution in [0.15, 0.2) is 12.1 Å². The summed E-state index contributed by atoms with van der Waals surface area (Å²) >= 11 is 6.05. The van der Waals surface area contributed by atoms with Gasteiger partial charge in [-0.1, -0.05) is 11.6 Å². The highest BCUT2D eigenvalue weighted by Gasteiger charge is 2.17. The number of nitrogens with two attached hydrogens (primary N) is 1. The minimum absolute atomic E-state index is 0.196. The summed E-state index contributed by atoms with van der Waals surface area (Å²) in [5.41, 5.74) is 6.22. The molecule has 0 heterocycles. The average molecular weight is 318 g/mol. The molecular formula is C14H20ClNO5. The Hall–Kier alpha value is -1.50. The third-order valence-electron chi connectivity index (χ3n) is 2.58. The number of hydrogen-bond acceptors (Lipinski definition) is 6. The van der Waals surface area contributed by atoms with Gasteiger partial charge in [0.15, 0.2) is 5.75 Å². The molecule has 0 saturated heterocycles. The maximum atomic E-state index is 11.7. The highest BCUT2D eigenvalue weighted by molar-refractivity contribution is 6.33. The van der Waals surface area contributed by atoms with Crippen molar-refractivity contribution in [3.63, 3.8) is 0 Å². The van der Waals surface area contributed by atoms with Crippen molar-refractivity contribution in [2.75, 3.05) is 46.4 Å². The summed E-state index contributed by atoms with van der Waals surface area (Å²) in [6.45, 7) is 1.87. The first kappa shape index (κ1) is 17.6. The van der Waals surface area contributed by atoms with Crippen molar-refractivity contribution in [1.29, 1.82) is 0 Å². The first-order chi connectivity index (χ1) is 10.1. The average Bonchev–Trinajstić information content (AvgIpc) is 2.46. The lowest BCUT2D eigenvalue weighted by atomic mass is 10.2. The Balaban J connectivity index is 2.56. The number of carbonyl (C=O) groups is 1. The van der Waals surface area contributed by atoms with Crippen LogP contribution in [0.25, 0.3) is 0 Å². The van der Waals surface area contributed by atoms with Crippen LogP contribution in [0.2, 0.25) is 5.02 Å². The van der Waals surface area contributed by atoms with Crippen molar-refractivity contribution >= 4 is 23.3 Å². The third-order valence-corrected chi connectivity index (χ3v) is 2.86. The lowest BCUT2D eigenvalue weighted by molar-refractivity contribution is 0.0587. The number of carbonyl (C=O) groups excluding carboxylic acids is 1. The molecule has 0 aliphatic rings. The van der Waals surface area contributed by atoms with Crippen molar-refractivity contribution in [1.82, 2.24) is 0 Å². The van der Waals surface area contributed by atoms with Gasteiger partial charge in [0.1, 0.15) is 12.2 Å². The van der Waals surface area contributed by atoms with Gasteiger partial charge >= 0.3 is 5.97 Å². The van der Waals surface area contributed by atoms with Crippen LogP contribution in [-0.2, 0) is 14.2 Å². The number of anilines is 1. The Morgan fingerprint density at radius 2 is 1.95 bits per heavy atom. The van der Waals surface area contributed by atoms with Gasteiger partial charge in [0.05, 0.1) is 18.7 Å². The lowest BCUT2D eigenvalue weighted by Gasteiger charge is -2.13. The van der Waals surface area contributed by atoms with Gasteiger partial charge in [0.25, 0.3) is 0 Å². The van der Waals surface area contributed by atoms with E-state index in [9.17, 15) is 4.79 Å². The summed E-state index contributed by atoms with van der Waals surface area (Å²) in [4.78, 5) is 11.7. The minimum atomic E-state index is -0.555. The second-order valence-electron chi connectivity index (χ2n) is 4.18. The molecule has 0 aliphatic heterocycles. The molecule has 21 heavy (non-hydrogen) atoms. The van der Waals surface area contributed by atoms with Crippen LogP contribution in [0, 0.1) is 0 Å². The van der Waals surface area contributed by atoms with Gasteiger partial charge in [-0.25, -0.2) is 4.79 Å². The van der Waals surface area contributed by atoms with Crippen LogP contribution < -0.4 is 10.5 Å². The molecule has 0 aromatic heterocycles. The minimum Gasteiger partial charge on any atom is -0.489 e. The van der Waals surface area contributed by atoms with E-state index in [-0.39, 0.29) is 22.9 Å². The highest BCUT2D eigenvalue weighted by Crippen LogP contribution is 2.32. The van der Waals surface area contributed by atoms with Crippen molar-refractivity contribution in [2.24, 2.45) is 0 Å². The van der Waals surface area contributed by atoms with Crippen LogP contribution in [0.4, 0.5) is 5.69 Å². The molecule has 0 unspecified atom stereocenters. The predicted molar refractivity (Wildman–Crippen MR) is 80.0 cm³/mol. The number of hydrogen-bond donors (Lipinski definition) is 1. The number of esters is 1. The van der Waals surface area contributed by atoms with Gasteiger partial charge in [-0.05, 0) is 18.6 Å². The Bertz CT molecular complexity index is 467. The van der Waals surface area contributed by atoms with E-state index in [1.54, 1.807) is 7.11 Å². The second kappa shape index (κ2) is 9.44. The van der Waals surface area contributed by atoms with E-state index in [2.05, 4.69) is 4.74 Å². The van der Waals surface area contributed by atoms with E-state index < -0.39 is 5.97 Å². The first-order valence-electron chi connectivity index (χ1n) is 6.47. The zero-order chi connectivity index (χ0) is 15.7. The second-order valence-corrected chi connectivity index (χ2v) is 4.59. The molecule has 1 rings (SSSR count). The summed E-state index contributed by atoms with van der Waals surface area (Å²) in [5.74, 6) is -0.307. The molecule has 0 saturated carbocycles. The molecule has 118 valence electrons. The van der Waals surface area contributed by atoms with Gasteiger partial charge in [0.2, 0.25) is 0 Å². The molecule has 0 atom stereocenters. The number of halogens is 1. The van der Waals surface area contributed by atoms with Crippen LogP contribution >= 0.6 is 11.6 Å². The maximum absolute atomic E-state index is 11.7. The van der Waals surface area contributed by atoms with Crippen LogP contribution in [-0.4, -0.2) is 46.6 Å². The van der Waals surface area contributed by atoms with Gasteiger partial charge < -0.3 is 24.7 Å². The van der Waals surface area contributed by atoms with Crippen LogP contribution in [0.3, 0.4) is 0 Å². The molecule has 2 N–H and O–H groups in total. The molecule has 0 fully saturated rings. The van der Waals surface area contributed by atoms with Gasteiger partial charge in [-0.2, -0.15) is 0 Å². The number of nitrogen functional groups attached to an aromatic ring is 1. The molecule has 0 bridgehead atoms. The molecule has 1 aromatic rings. The molecule has 0 radical (unpaired) electrons. The number of ether oxygens (including phenoxy) is 4. The van der Waals surface area contributed by atoms with Crippen molar-refractivity contribution in [3.05, 3.63) is 22.7 Å². The summed E-state index contributed by atoms with van der Waals surface area (Å²) < 4.78 is 20.5. The topological polar surface area (TPSA) is 80.0 Å². The predicted octanol–water partition coefficient (Wildman–Crippen LogP) is 2.14. The van der Waals surface area contributed by atoms with Crippen molar-refractivity contribution in [3.8, 4) is 5.75 Å². The Morgan fingerprint density at radius 3 is 2.62 bits per heavy atom. The zero-order valence-electron chi connectivity index (χ0n) is 12.2. The SMILES string of the molecule is COCCCOCCOc1c(Cl)cc(N)cc1C(=O)OC. The molecule has 0 amide bonds. The molecule has 7 heteroatoms. The summed E-state index contributed by atoms with van der Waals surface area (Å²) in [5, 5.41) is 0.259. The van der Waals surface area contributed by atoms with Crippen molar-refractivity contribution in [2.45, 2.75) is 6.42 Å². The van der Waals surface area contributed by atoms with E-state index in [4.69, 9.17) is 31.5 Å². The zero-order valence-corrected chi connectivity index (χ0v) is 12.9. The monoisotopic (exact) mass is 317 g/mol. The van der Waals surface area contributed by atoms with E-state index >= 15 is 0 Å². The van der Waals surface area contributed by atoms with Gasteiger partial charge in [0, 0.05) is 26.0 Å². The quantitative estimate of drug-likeness (QED) is 0.427. The Kier molecular flexibility index (Phi) is 7.89. The summed E-state index contributed by atoms with van der Waals surface area (Å²) in [6, 6.07) is 2.98. The highest BCUT2D eigenvalue weighted by atomic mass is 35.5. The van der Waals surface area contributed by atoms with Crippen LogP contribution in [0.1, 0.15) is 16.8 Å². The number of rotatable bonds is 9. The first-order valence-corrected chi connectivity index (χ1v) is 6.84. The third kappa shape index (κ3) is 5.79. The van der Waals surface area contributed by atoms with Gasteiger partial charge in [-0.3, -0.25) is 0 Å². The smallest absolute Gasteiger partial charge is 0.341 e. The molecular weight excluding hydrogens is 298 g/mol. The van der Waals surface area contributed by atoms with E-state index in [1.165, 1.54) is 19.2 Å². The maximum Gasteiger partial charge on any atom is 0.341 e. The summed E-state index contributed by atoms with van der Waals surface area (Å²) in [6.07, 6.45) is 0.812. The molecule has 6 nitrogen and oxygen atoms in total. The van der Waals surface area contributed by atoms with E-state index in [1.807, 2.05) is 0 Å². The van der Waals surface area contributed by atoms with Gasteiger partial charge in [-0.15, -0.1) is 0 Å².